The third kappa shape index (κ3) is 3.66. The summed E-state index contributed by atoms with van der Waals surface area (Å²) in [6.07, 6.45) is 2.35. The topological polar surface area (TPSA) is 0 Å². The van der Waals surface area contributed by atoms with Gasteiger partial charge in [0.15, 0.2) is 0 Å². The van der Waals surface area contributed by atoms with E-state index in [9.17, 15) is 0 Å². The van der Waals surface area contributed by atoms with E-state index in [4.69, 9.17) is 0 Å². The summed E-state index contributed by atoms with van der Waals surface area (Å²) in [5.74, 6) is 0. The largest absolute Gasteiger partial charge is 0.0728 e. The lowest BCUT2D eigenvalue weighted by atomic mass is 9.96. The maximum absolute atomic E-state index is 2.50. The molecule has 0 aromatic heterocycles. The van der Waals surface area contributed by atoms with Gasteiger partial charge in [0.05, 0.1) is 3.92 Å². The Morgan fingerprint density at radius 2 is 1.05 bits per heavy atom. The van der Waals surface area contributed by atoms with Crippen molar-refractivity contribution in [2.75, 3.05) is 0 Å². The Hall–Kier alpha value is -1.87. The summed E-state index contributed by atoms with van der Waals surface area (Å²) >= 11 is 2.50. The highest BCUT2D eigenvalue weighted by atomic mass is 127. The van der Waals surface area contributed by atoms with Gasteiger partial charge in [-0.05, 0) is 22.3 Å². The second-order valence-corrected chi connectivity index (χ2v) is 6.47. The van der Waals surface area contributed by atoms with E-state index in [0.717, 1.165) is 0 Å². The summed E-state index contributed by atoms with van der Waals surface area (Å²) in [7, 11) is 0. The maximum atomic E-state index is 2.50. The van der Waals surface area contributed by atoms with Crippen LogP contribution in [-0.4, -0.2) is 0 Å². The van der Waals surface area contributed by atoms with Crippen molar-refractivity contribution >= 4 is 28.2 Å². The van der Waals surface area contributed by atoms with E-state index in [-0.39, 0.29) is 0 Å². The average Bonchev–Trinajstić information content (AvgIpc) is 2.62. The molecule has 0 aliphatic carbocycles. The van der Waals surface area contributed by atoms with Gasteiger partial charge >= 0.3 is 0 Å². The lowest BCUT2D eigenvalue weighted by Gasteiger charge is -2.12. The Labute approximate surface area is 145 Å². The second kappa shape index (κ2) is 7.41. The van der Waals surface area contributed by atoms with Gasteiger partial charge in [-0.1, -0.05) is 120 Å². The Bertz CT molecular complexity index is 689. The van der Waals surface area contributed by atoms with Crippen molar-refractivity contribution in [3.05, 3.63) is 114 Å². The van der Waals surface area contributed by atoms with Crippen LogP contribution in [0.25, 0.3) is 5.57 Å². The van der Waals surface area contributed by atoms with Crippen LogP contribution in [0.5, 0.6) is 0 Å². The van der Waals surface area contributed by atoms with E-state index in [1.165, 1.54) is 22.3 Å². The van der Waals surface area contributed by atoms with Gasteiger partial charge in [-0.15, -0.1) is 0 Å². The van der Waals surface area contributed by atoms with Crippen molar-refractivity contribution in [2.24, 2.45) is 0 Å². The molecule has 1 heteroatoms. The molecule has 0 amide bonds. The number of hydrogen-bond donors (Lipinski definition) is 0. The number of halogens is 1. The van der Waals surface area contributed by atoms with Crippen molar-refractivity contribution in [1.82, 2.24) is 0 Å². The van der Waals surface area contributed by atoms with E-state index < -0.39 is 0 Å². The third-order valence-electron chi connectivity index (χ3n) is 3.60. The molecule has 3 aromatic carbocycles. The minimum Gasteiger partial charge on any atom is -0.0728 e. The van der Waals surface area contributed by atoms with Crippen molar-refractivity contribution in [3.63, 3.8) is 0 Å². The first-order valence-corrected chi connectivity index (χ1v) is 8.61. The number of allylic oxidation sites excluding steroid dienone is 1. The molecule has 0 nitrogen and oxygen atoms in total. The van der Waals surface area contributed by atoms with Gasteiger partial charge in [-0.2, -0.15) is 0 Å². The molecule has 0 saturated heterocycles. The molecule has 0 aliphatic rings. The summed E-state index contributed by atoms with van der Waals surface area (Å²) in [4.78, 5) is 0. The number of alkyl halides is 1. The van der Waals surface area contributed by atoms with Gasteiger partial charge in [-0.25, -0.2) is 0 Å². The Balaban J connectivity index is 2.04. The second-order valence-electron chi connectivity index (χ2n) is 5.12. The summed E-state index contributed by atoms with van der Waals surface area (Å²) < 4.78 is 0.342. The Kier molecular flexibility index (Phi) is 5.07. The molecule has 0 fully saturated rings. The standard InChI is InChI=1S/C21H17I/c22-21(19-14-8-3-9-15-19)16-20(17-10-4-1-5-11-17)18-12-6-2-7-13-18/h1-16,21H. The highest BCUT2D eigenvalue weighted by Crippen LogP contribution is 2.32. The molecule has 22 heavy (non-hydrogen) atoms. The third-order valence-corrected chi connectivity index (χ3v) is 4.68. The van der Waals surface area contributed by atoms with Crippen LogP contribution in [0.3, 0.4) is 0 Å². The lowest BCUT2D eigenvalue weighted by molar-refractivity contribution is 1.28. The predicted octanol–water partition coefficient (Wildman–Crippen LogP) is 6.29. The fourth-order valence-corrected chi connectivity index (χ4v) is 3.25. The van der Waals surface area contributed by atoms with Gasteiger partial charge < -0.3 is 0 Å². The van der Waals surface area contributed by atoms with Gasteiger partial charge in [0.1, 0.15) is 0 Å². The number of hydrogen-bond acceptors (Lipinski definition) is 0. The zero-order chi connectivity index (χ0) is 15.2. The molecule has 0 bridgehead atoms. The lowest BCUT2D eigenvalue weighted by Crippen LogP contribution is -1.92. The van der Waals surface area contributed by atoms with E-state index in [2.05, 4.69) is 120 Å². The zero-order valence-corrected chi connectivity index (χ0v) is 14.4. The van der Waals surface area contributed by atoms with Gasteiger partial charge in [-0.3, -0.25) is 0 Å². The molecule has 0 aliphatic heterocycles. The van der Waals surface area contributed by atoms with Crippen molar-refractivity contribution in [2.45, 2.75) is 3.92 Å². The summed E-state index contributed by atoms with van der Waals surface area (Å²) in [6, 6.07) is 31.8. The van der Waals surface area contributed by atoms with Crippen LogP contribution in [0.1, 0.15) is 20.6 Å². The molecule has 1 unspecified atom stereocenters. The SMILES string of the molecule is IC(C=C(c1ccccc1)c1ccccc1)c1ccccc1. The fourth-order valence-electron chi connectivity index (χ4n) is 2.47. The van der Waals surface area contributed by atoms with Crippen LogP contribution < -0.4 is 0 Å². The van der Waals surface area contributed by atoms with Gasteiger partial charge in [0.2, 0.25) is 0 Å². The van der Waals surface area contributed by atoms with E-state index in [0.29, 0.717) is 3.92 Å². The Morgan fingerprint density at radius 3 is 1.50 bits per heavy atom. The normalized spacial score (nSPS) is 11.7. The highest BCUT2D eigenvalue weighted by molar-refractivity contribution is 14.1. The van der Waals surface area contributed by atoms with E-state index in [1.807, 2.05) is 0 Å². The molecule has 0 N–H and O–H groups in total. The summed E-state index contributed by atoms with van der Waals surface area (Å²) in [6.45, 7) is 0. The van der Waals surface area contributed by atoms with Crippen LogP contribution in [0.15, 0.2) is 97.1 Å². The average molecular weight is 396 g/mol. The Morgan fingerprint density at radius 1 is 0.636 bits per heavy atom. The van der Waals surface area contributed by atoms with E-state index >= 15 is 0 Å². The first-order valence-electron chi connectivity index (χ1n) is 7.36. The summed E-state index contributed by atoms with van der Waals surface area (Å²) in [5, 5.41) is 0. The van der Waals surface area contributed by atoms with Crippen LogP contribution in [-0.2, 0) is 0 Å². The van der Waals surface area contributed by atoms with Crippen molar-refractivity contribution in [3.8, 4) is 0 Å². The molecule has 3 rings (SSSR count). The van der Waals surface area contributed by atoms with Crippen LogP contribution >= 0.6 is 22.6 Å². The smallest absolute Gasteiger partial charge is 0.0548 e. The minimum atomic E-state index is 0.342. The van der Waals surface area contributed by atoms with E-state index in [1.54, 1.807) is 0 Å². The molecule has 108 valence electrons. The van der Waals surface area contributed by atoms with Crippen molar-refractivity contribution in [1.29, 1.82) is 0 Å². The number of benzene rings is 3. The minimum absolute atomic E-state index is 0.342. The molecule has 0 heterocycles. The maximum Gasteiger partial charge on any atom is 0.0548 e. The molecule has 3 aromatic rings. The van der Waals surface area contributed by atoms with Crippen LogP contribution in [0.2, 0.25) is 0 Å². The first-order chi connectivity index (χ1) is 10.8. The quantitative estimate of drug-likeness (QED) is 0.359. The molecule has 0 saturated carbocycles. The molecule has 1 atom stereocenters. The molecular formula is C21H17I. The van der Waals surface area contributed by atoms with Crippen LogP contribution in [0, 0.1) is 0 Å². The molecular weight excluding hydrogens is 379 g/mol. The molecule has 0 spiro atoms. The van der Waals surface area contributed by atoms with Crippen molar-refractivity contribution < 1.29 is 0 Å². The molecule has 0 radical (unpaired) electrons. The predicted molar refractivity (Wildman–Crippen MR) is 103 cm³/mol. The van der Waals surface area contributed by atoms with Gasteiger partial charge in [0, 0.05) is 0 Å². The number of rotatable bonds is 4. The highest BCUT2D eigenvalue weighted by Gasteiger charge is 2.09. The zero-order valence-electron chi connectivity index (χ0n) is 12.2. The van der Waals surface area contributed by atoms with Gasteiger partial charge in [0.25, 0.3) is 0 Å². The fraction of sp³-hybridized carbons (Fsp3) is 0.0476. The van der Waals surface area contributed by atoms with Crippen LogP contribution in [0.4, 0.5) is 0 Å². The summed E-state index contributed by atoms with van der Waals surface area (Å²) in [5.41, 5.74) is 5.12. The monoisotopic (exact) mass is 396 g/mol. The first kappa shape index (κ1) is 15.0.